The van der Waals surface area contributed by atoms with E-state index in [0.29, 0.717) is 0 Å². The fourth-order valence-electron chi connectivity index (χ4n) is 10.2. The zero-order valence-corrected chi connectivity index (χ0v) is 33.8. The van der Waals surface area contributed by atoms with Crippen LogP contribution in [0.3, 0.4) is 0 Å². The number of para-hydroxylation sites is 2. The van der Waals surface area contributed by atoms with Crippen molar-refractivity contribution < 1.29 is 0 Å². The third-order valence-electron chi connectivity index (χ3n) is 13.1. The Labute approximate surface area is 359 Å². The molecule has 2 nitrogen and oxygen atoms in total. The molecule has 0 saturated carbocycles. The van der Waals surface area contributed by atoms with Crippen LogP contribution in [-0.2, 0) is 0 Å². The Hall–Kier alpha value is -8.20. The lowest BCUT2D eigenvalue weighted by atomic mass is 9.91. The van der Waals surface area contributed by atoms with Crippen molar-refractivity contribution in [2.75, 3.05) is 0 Å². The molecule has 62 heavy (non-hydrogen) atoms. The van der Waals surface area contributed by atoms with Crippen molar-refractivity contribution in [3.63, 3.8) is 0 Å². The fourth-order valence-corrected chi connectivity index (χ4v) is 10.2. The Kier molecular flexibility index (Phi) is 7.64. The summed E-state index contributed by atoms with van der Waals surface area (Å²) in [6, 6.07) is 84.7. The van der Waals surface area contributed by atoms with Crippen LogP contribution in [0.4, 0.5) is 0 Å². The van der Waals surface area contributed by atoms with Gasteiger partial charge in [-0.3, -0.25) is 0 Å². The Morgan fingerprint density at radius 3 is 1.39 bits per heavy atom. The second-order valence-electron chi connectivity index (χ2n) is 16.5. The number of hydrogen-bond donors (Lipinski definition) is 0. The van der Waals surface area contributed by atoms with E-state index in [4.69, 9.17) is 0 Å². The van der Waals surface area contributed by atoms with Crippen molar-refractivity contribution in [2.45, 2.75) is 0 Å². The van der Waals surface area contributed by atoms with Gasteiger partial charge in [-0.1, -0.05) is 176 Å². The van der Waals surface area contributed by atoms with Gasteiger partial charge in [0.05, 0.1) is 27.8 Å². The van der Waals surface area contributed by atoms with Gasteiger partial charge in [0.1, 0.15) is 0 Å². The van der Waals surface area contributed by atoms with Crippen LogP contribution in [0.1, 0.15) is 0 Å². The second-order valence-corrected chi connectivity index (χ2v) is 16.5. The molecule has 0 radical (unpaired) electrons. The number of benzene rings is 10. The van der Waals surface area contributed by atoms with Gasteiger partial charge in [-0.05, 0) is 110 Å². The van der Waals surface area contributed by atoms with Gasteiger partial charge in [0.25, 0.3) is 0 Å². The molecule has 13 rings (SSSR count). The van der Waals surface area contributed by atoms with Crippen LogP contribution in [0.25, 0.3) is 122 Å². The first-order valence-electron chi connectivity index (χ1n) is 21.4. The number of aromatic nitrogens is 2. The summed E-state index contributed by atoms with van der Waals surface area (Å²) >= 11 is 0. The number of rotatable bonds is 5. The lowest BCUT2D eigenvalue weighted by Crippen LogP contribution is -1.96. The van der Waals surface area contributed by atoms with Crippen molar-refractivity contribution >= 4 is 43.6 Å². The summed E-state index contributed by atoms with van der Waals surface area (Å²) in [4.78, 5) is 0. The van der Waals surface area contributed by atoms with Gasteiger partial charge < -0.3 is 9.13 Å². The van der Waals surface area contributed by atoms with Crippen molar-refractivity contribution in [3.8, 4) is 78.1 Å². The van der Waals surface area contributed by atoms with E-state index in [1.807, 2.05) is 0 Å². The van der Waals surface area contributed by atoms with Gasteiger partial charge in [0.15, 0.2) is 0 Å². The minimum absolute atomic E-state index is 1.16. The average molecular weight is 787 g/mol. The normalized spacial score (nSPS) is 11.9. The molecule has 0 atom stereocenters. The summed E-state index contributed by atoms with van der Waals surface area (Å²) < 4.78 is 4.91. The van der Waals surface area contributed by atoms with Gasteiger partial charge in [-0.25, -0.2) is 0 Å². The molecule has 2 heteroatoms. The molecule has 0 spiro atoms. The molecule has 10 aromatic carbocycles. The standard InChI is InChI=1S/C60H38N2/c1-3-13-39(14-4-1)43-17-11-18-47(35-43)61-56-24-10-9-21-50(56)54-37-45(29-32-57(54)61)41-25-27-42(28-26-41)46-31-34-59-55(38-46)52-23-12-22-51-48-19-7-8-20-49(48)53-36-44(40-15-5-2-6-16-40)30-33-58(53)62(59)60(51)52/h1-38H. The van der Waals surface area contributed by atoms with E-state index in [1.165, 1.54) is 116 Å². The molecule has 1 aliphatic heterocycles. The predicted molar refractivity (Wildman–Crippen MR) is 261 cm³/mol. The molecule has 0 unspecified atom stereocenters. The Bertz CT molecular complexity index is 3720. The zero-order valence-electron chi connectivity index (χ0n) is 33.8. The van der Waals surface area contributed by atoms with Crippen molar-refractivity contribution in [2.24, 2.45) is 0 Å². The number of nitrogens with zero attached hydrogens (tertiary/aromatic N) is 2. The van der Waals surface area contributed by atoms with Crippen molar-refractivity contribution in [1.29, 1.82) is 0 Å². The van der Waals surface area contributed by atoms with Crippen LogP contribution in [0.15, 0.2) is 231 Å². The first-order valence-corrected chi connectivity index (χ1v) is 21.4. The highest BCUT2D eigenvalue weighted by molar-refractivity contribution is 6.17. The summed E-state index contributed by atoms with van der Waals surface area (Å²) in [5.74, 6) is 0. The molecule has 0 saturated heterocycles. The highest BCUT2D eigenvalue weighted by Gasteiger charge is 2.25. The average Bonchev–Trinajstić information content (AvgIpc) is 3.82. The third kappa shape index (κ3) is 5.30. The molecule has 288 valence electrons. The minimum atomic E-state index is 1.16. The van der Waals surface area contributed by atoms with Crippen molar-refractivity contribution in [1.82, 2.24) is 9.13 Å². The van der Waals surface area contributed by atoms with Gasteiger partial charge in [0, 0.05) is 38.4 Å². The SMILES string of the molecule is c1ccc(-c2cccc(-n3c4ccccc4c4cc(-c5ccc(-c6ccc7c(c6)c6cccc8c6n7-c6ccc(-c7ccccc7)cc6-c6ccccc6-8)cc5)ccc43)c2)cc1. The van der Waals surface area contributed by atoms with Crippen LogP contribution in [0.5, 0.6) is 0 Å². The summed E-state index contributed by atoms with van der Waals surface area (Å²) in [5.41, 5.74) is 22.0. The molecular weight excluding hydrogens is 749 g/mol. The number of hydrogen-bond acceptors (Lipinski definition) is 0. The first-order chi connectivity index (χ1) is 30.7. The van der Waals surface area contributed by atoms with Crippen LogP contribution in [0, 0.1) is 0 Å². The molecule has 0 fully saturated rings. The predicted octanol–water partition coefficient (Wildman–Crippen LogP) is 16.2. The summed E-state index contributed by atoms with van der Waals surface area (Å²) in [6.07, 6.45) is 0. The summed E-state index contributed by atoms with van der Waals surface area (Å²) in [6.45, 7) is 0. The Morgan fingerprint density at radius 1 is 0.226 bits per heavy atom. The van der Waals surface area contributed by atoms with E-state index >= 15 is 0 Å². The maximum Gasteiger partial charge on any atom is 0.0619 e. The summed E-state index contributed by atoms with van der Waals surface area (Å²) in [5, 5.41) is 5.04. The molecule has 1 aliphatic rings. The van der Waals surface area contributed by atoms with E-state index in [2.05, 4.69) is 240 Å². The Morgan fingerprint density at radius 2 is 0.677 bits per heavy atom. The van der Waals surface area contributed by atoms with Crippen LogP contribution >= 0.6 is 0 Å². The number of fused-ring (bicyclic) bond motifs is 11. The lowest BCUT2D eigenvalue weighted by molar-refractivity contribution is 1.18. The monoisotopic (exact) mass is 786 g/mol. The van der Waals surface area contributed by atoms with Gasteiger partial charge in [-0.2, -0.15) is 0 Å². The zero-order chi connectivity index (χ0) is 40.7. The lowest BCUT2D eigenvalue weighted by Gasteiger charge is -2.15. The maximum absolute atomic E-state index is 2.50. The quantitative estimate of drug-likeness (QED) is 0.164. The van der Waals surface area contributed by atoms with E-state index < -0.39 is 0 Å². The third-order valence-corrected chi connectivity index (χ3v) is 13.1. The fraction of sp³-hybridized carbons (Fsp3) is 0. The largest absolute Gasteiger partial charge is 0.309 e. The van der Waals surface area contributed by atoms with Crippen LogP contribution < -0.4 is 0 Å². The molecule has 0 bridgehead atoms. The van der Waals surface area contributed by atoms with E-state index in [0.717, 1.165) is 5.69 Å². The Balaban J connectivity index is 0.900. The van der Waals surface area contributed by atoms with Gasteiger partial charge in [0.2, 0.25) is 0 Å². The molecule has 0 aliphatic carbocycles. The van der Waals surface area contributed by atoms with E-state index in [9.17, 15) is 0 Å². The van der Waals surface area contributed by atoms with Crippen molar-refractivity contribution in [3.05, 3.63) is 231 Å². The summed E-state index contributed by atoms with van der Waals surface area (Å²) in [7, 11) is 0. The molecule has 12 aromatic rings. The van der Waals surface area contributed by atoms with Gasteiger partial charge >= 0.3 is 0 Å². The van der Waals surface area contributed by atoms with E-state index in [1.54, 1.807) is 0 Å². The maximum atomic E-state index is 2.50. The van der Waals surface area contributed by atoms with Gasteiger partial charge in [-0.15, -0.1) is 0 Å². The molecule has 0 N–H and O–H groups in total. The molecular formula is C60H38N2. The van der Waals surface area contributed by atoms with E-state index in [-0.39, 0.29) is 0 Å². The highest BCUT2D eigenvalue weighted by atomic mass is 15.0. The highest BCUT2D eigenvalue weighted by Crippen LogP contribution is 2.48. The molecule has 3 heterocycles. The topological polar surface area (TPSA) is 9.86 Å². The van der Waals surface area contributed by atoms with Crippen LogP contribution in [-0.4, -0.2) is 9.13 Å². The second kappa shape index (κ2) is 13.7. The first kappa shape index (κ1) is 34.6. The molecule has 0 amide bonds. The van der Waals surface area contributed by atoms with Crippen LogP contribution in [0.2, 0.25) is 0 Å². The molecule has 2 aromatic heterocycles. The minimum Gasteiger partial charge on any atom is -0.309 e. The smallest absolute Gasteiger partial charge is 0.0619 e.